The maximum atomic E-state index is 13.4. The Labute approximate surface area is 188 Å². The van der Waals surface area contributed by atoms with Crippen molar-refractivity contribution in [1.29, 1.82) is 0 Å². The van der Waals surface area contributed by atoms with Gasteiger partial charge in [0.2, 0.25) is 5.91 Å². The molecular weight excluding hydrogens is 431 g/mol. The van der Waals surface area contributed by atoms with Crippen LogP contribution in [0.4, 0.5) is 10.1 Å². The fourth-order valence-electron chi connectivity index (χ4n) is 4.04. The number of hydrogen-bond acceptors (Lipinski definition) is 5. The molecule has 2 aliphatic heterocycles. The number of hydrogen-bond donors (Lipinski definition) is 1. The number of amides is 1. The van der Waals surface area contributed by atoms with E-state index < -0.39 is 16.1 Å². The van der Waals surface area contributed by atoms with Crippen LogP contribution in [0.5, 0.6) is 0 Å². The van der Waals surface area contributed by atoms with Crippen molar-refractivity contribution >= 4 is 27.5 Å². The molecule has 0 spiro atoms. The van der Waals surface area contributed by atoms with Crippen LogP contribution in [0, 0.1) is 11.7 Å². The normalized spacial score (nSPS) is 20.5. The second kappa shape index (κ2) is 8.90. The largest absolute Gasteiger partial charge is 0.368 e. The fraction of sp³-hybridized carbons (Fsp3) is 0.391. The van der Waals surface area contributed by atoms with Crippen molar-refractivity contribution < 1.29 is 17.6 Å². The van der Waals surface area contributed by atoms with Crippen LogP contribution in [0.15, 0.2) is 58.4 Å². The Balaban J connectivity index is 1.53. The molecule has 2 aliphatic rings. The van der Waals surface area contributed by atoms with E-state index in [0.717, 1.165) is 12.1 Å². The first-order valence-corrected chi connectivity index (χ1v) is 12.3. The molecule has 1 fully saturated rings. The Morgan fingerprint density at radius 2 is 1.75 bits per heavy atom. The quantitative estimate of drug-likeness (QED) is 0.747. The minimum atomic E-state index is -3.66. The van der Waals surface area contributed by atoms with Gasteiger partial charge in [-0.1, -0.05) is 32.4 Å². The van der Waals surface area contributed by atoms with Gasteiger partial charge in [-0.25, -0.2) is 12.8 Å². The summed E-state index contributed by atoms with van der Waals surface area (Å²) in [6, 6.07) is 12.3. The van der Waals surface area contributed by atoms with Gasteiger partial charge in [-0.3, -0.25) is 14.5 Å². The summed E-state index contributed by atoms with van der Waals surface area (Å²) in [4.78, 5) is 22.1. The smallest absolute Gasteiger partial charge is 0.263 e. The van der Waals surface area contributed by atoms with Gasteiger partial charge in [0.1, 0.15) is 17.7 Å². The lowest BCUT2D eigenvalue weighted by molar-refractivity contribution is -0.133. The third-order valence-corrected chi connectivity index (χ3v) is 7.55. The van der Waals surface area contributed by atoms with Crippen molar-refractivity contribution in [1.82, 2.24) is 9.62 Å². The van der Waals surface area contributed by atoms with Crippen LogP contribution in [-0.2, 0) is 14.8 Å². The van der Waals surface area contributed by atoms with E-state index >= 15 is 0 Å². The molecule has 32 heavy (non-hydrogen) atoms. The number of sulfonamides is 1. The van der Waals surface area contributed by atoms with E-state index in [1.54, 1.807) is 35.2 Å². The Morgan fingerprint density at radius 3 is 2.41 bits per heavy atom. The molecule has 0 radical (unpaired) electrons. The number of carbonyl (C=O) groups excluding carboxylic acids is 1. The molecule has 1 amide bonds. The van der Waals surface area contributed by atoms with E-state index in [9.17, 15) is 17.6 Å². The number of rotatable bonds is 5. The Kier molecular flexibility index (Phi) is 6.19. The van der Waals surface area contributed by atoms with Gasteiger partial charge in [0.05, 0.1) is 4.90 Å². The molecule has 0 saturated carbocycles. The predicted octanol–water partition coefficient (Wildman–Crippen LogP) is 2.63. The average Bonchev–Trinajstić information content (AvgIpc) is 3.07. The van der Waals surface area contributed by atoms with Crippen LogP contribution >= 0.6 is 0 Å². The van der Waals surface area contributed by atoms with Gasteiger partial charge in [-0.2, -0.15) is 0 Å². The highest BCUT2D eigenvalue weighted by molar-refractivity contribution is 7.90. The molecule has 1 N–H and O–H groups in total. The van der Waals surface area contributed by atoms with E-state index in [2.05, 4.69) is 14.6 Å². The fourth-order valence-corrected chi connectivity index (χ4v) is 5.28. The molecule has 2 aromatic carbocycles. The molecule has 2 heterocycles. The predicted molar refractivity (Wildman–Crippen MR) is 122 cm³/mol. The highest BCUT2D eigenvalue weighted by Crippen LogP contribution is 2.25. The minimum absolute atomic E-state index is 0.0533. The number of benzene rings is 2. The molecule has 0 aliphatic carbocycles. The molecule has 1 saturated heterocycles. The summed E-state index contributed by atoms with van der Waals surface area (Å²) in [7, 11) is -3.66. The molecule has 2 atom stereocenters. The molecule has 0 bridgehead atoms. The SMILES string of the molecule is CCC(C)C(N=C1NS(=O)(=O)c2ccccc21)C(=O)N1CCN(c2ccc(F)cc2)CC1. The van der Waals surface area contributed by atoms with Crippen LogP contribution in [0.2, 0.25) is 0 Å². The number of carbonyl (C=O) groups is 1. The van der Waals surface area contributed by atoms with E-state index in [-0.39, 0.29) is 28.4 Å². The van der Waals surface area contributed by atoms with E-state index in [1.165, 1.54) is 18.2 Å². The van der Waals surface area contributed by atoms with Crippen molar-refractivity contribution in [2.45, 2.75) is 31.2 Å². The zero-order valence-corrected chi connectivity index (χ0v) is 19.0. The summed E-state index contributed by atoms with van der Waals surface area (Å²) in [5, 5.41) is 0. The van der Waals surface area contributed by atoms with Crippen molar-refractivity contribution in [3.05, 3.63) is 59.9 Å². The number of nitrogens with zero attached hydrogens (tertiary/aromatic N) is 3. The highest BCUT2D eigenvalue weighted by Gasteiger charge is 2.35. The first-order valence-electron chi connectivity index (χ1n) is 10.8. The number of piperazine rings is 1. The van der Waals surface area contributed by atoms with Gasteiger partial charge in [0.15, 0.2) is 0 Å². The molecular formula is C23H27FN4O3S. The zero-order valence-electron chi connectivity index (χ0n) is 18.2. The number of aliphatic imine (C=N–C) groups is 1. The lowest BCUT2D eigenvalue weighted by Gasteiger charge is -2.37. The summed E-state index contributed by atoms with van der Waals surface area (Å²) in [6.07, 6.45) is 0.733. The van der Waals surface area contributed by atoms with Gasteiger partial charge in [0, 0.05) is 37.4 Å². The first-order chi connectivity index (χ1) is 15.3. The van der Waals surface area contributed by atoms with E-state index in [4.69, 9.17) is 0 Å². The summed E-state index contributed by atoms with van der Waals surface area (Å²) >= 11 is 0. The number of amidine groups is 1. The van der Waals surface area contributed by atoms with Crippen LogP contribution in [0.25, 0.3) is 0 Å². The van der Waals surface area contributed by atoms with Gasteiger partial charge in [0.25, 0.3) is 10.0 Å². The molecule has 4 rings (SSSR count). The lowest BCUT2D eigenvalue weighted by atomic mass is 9.97. The molecule has 2 unspecified atom stereocenters. The van der Waals surface area contributed by atoms with Crippen LogP contribution < -0.4 is 9.62 Å². The first kappa shape index (κ1) is 22.3. The van der Waals surface area contributed by atoms with Crippen molar-refractivity contribution in [3.63, 3.8) is 0 Å². The second-order valence-corrected chi connectivity index (χ2v) is 9.85. The maximum absolute atomic E-state index is 13.4. The maximum Gasteiger partial charge on any atom is 0.263 e. The molecule has 2 aromatic rings. The Bertz CT molecular complexity index is 1130. The summed E-state index contributed by atoms with van der Waals surface area (Å²) in [6.45, 7) is 6.26. The summed E-state index contributed by atoms with van der Waals surface area (Å²) in [5.41, 5.74) is 1.42. The van der Waals surface area contributed by atoms with Crippen molar-refractivity contribution in [2.24, 2.45) is 10.9 Å². The third kappa shape index (κ3) is 4.34. The molecule has 7 nitrogen and oxygen atoms in total. The van der Waals surface area contributed by atoms with Crippen LogP contribution in [0.3, 0.4) is 0 Å². The molecule has 9 heteroatoms. The Morgan fingerprint density at radius 1 is 1.09 bits per heavy atom. The average molecular weight is 459 g/mol. The summed E-state index contributed by atoms with van der Waals surface area (Å²) in [5.74, 6) is -0.206. The second-order valence-electron chi connectivity index (χ2n) is 8.20. The van der Waals surface area contributed by atoms with Crippen LogP contribution in [0.1, 0.15) is 25.8 Å². The number of halogens is 1. The minimum Gasteiger partial charge on any atom is -0.368 e. The lowest BCUT2D eigenvalue weighted by Crippen LogP contribution is -2.52. The standard InChI is InChI=1S/C23H27FN4O3S/c1-3-16(2)21(25-22-19-6-4-5-7-20(19)32(30,31)26-22)23(29)28-14-12-27(13-15-28)18-10-8-17(24)9-11-18/h4-11,16,21H,3,12-15H2,1-2H3,(H,25,26). The van der Waals surface area contributed by atoms with Crippen molar-refractivity contribution in [3.8, 4) is 0 Å². The Hall–Kier alpha value is -2.94. The molecule has 0 aromatic heterocycles. The van der Waals surface area contributed by atoms with Gasteiger partial charge in [-0.05, 0) is 42.3 Å². The van der Waals surface area contributed by atoms with Crippen LogP contribution in [-0.4, -0.2) is 57.3 Å². The van der Waals surface area contributed by atoms with Gasteiger partial charge >= 0.3 is 0 Å². The van der Waals surface area contributed by atoms with Gasteiger partial charge in [-0.15, -0.1) is 0 Å². The topological polar surface area (TPSA) is 82.1 Å². The zero-order chi connectivity index (χ0) is 22.9. The monoisotopic (exact) mass is 458 g/mol. The third-order valence-electron chi connectivity index (χ3n) is 6.15. The number of nitrogens with one attached hydrogen (secondary N) is 1. The highest BCUT2D eigenvalue weighted by atomic mass is 32.2. The van der Waals surface area contributed by atoms with E-state index in [1.807, 2.05) is 13.8 Å². The van der Waals surface area contributed by atoms with E-state index in [0.29, 0.717) is 31.7 Å². The number of fused-ring (bicyclic) bond motifs is 1. The number of anilines is 1. The molecule has 170 valence electrons. The van der Waals surface area contributed by atoms with Crippen molar-refractivity contribution in [2.75, 3.05) is 31.1 Å². The van der Waals surface area contributed by atoms with Gasteiger partial charge < -0.3 is 9.80 Å². The summed E-state index contributed by atoms with van der Waals surface area (Å²) < 4.78 is 40.6.